The van der Waals surface area contributed by atoms with Crippen LogP contribution in [0, 0.1) is 5.92 Å². The summed E-state index contributed by atoms with van der Waals surface area (Å²) in [7, 11) is 1.63. The highest BCUT2D eigenvalue weighted by Gasteiger charge is 2.30. The summed E-state index contributed by atoms with van der Waals surface area (Å²) in [6.07, 6.45) is -4.01. The van der Waals surface area contributed by atoms with E-state index < -0.39 is 17.8 Å². The molecule has 0 saturated heterocycles. The van der Waals surface area contributed by atoms with Crippen LogP contribution >= 0.6 is 0 Å². The van der Waals surface area contributed by atoms with Crippen molar-refractivity contribution in [2.75, 3.05) is 16.0 Å². The number of carbonyl (C=O) groups is 2. The third-order valence-electron chi connectivity index (χ3n) is 4.05. The second-order valence-electron chi connectivity index (χ2n) is 6.05. The highest BCUT2D eigenvalue weighted by molar-refractivity contribution is 6.01. The van der Waals surface area contributed by atoms with Gasteiger partial charge in [0.05, 0.1) is 5.56 Å². The molecule has 1 aromatic heterocycles. The molecule has 0 saturated carbocycles. The van der Waals surface area contributed by atoms with Crippen molar-refractivity contribution in [1.82, 2.24) is 9.78 Å². The van der Waals surface area contributed by atoms with Gasteiger partial charge in [-0.3, -0.25) is 14.8 Å². The maximum atomic E-state index is 12.6. The molecule has 2 heterocycles. The number of anilines is 3. The summed E-state index contributed by atoms with van der Waals surface area (Å²) in [5.74, 6) is 0.420. The number of carbonyl (C=O) groups excluding carboxylic acids is 2. The normalized spacial score (nSPS) is 16.7. The van der Waals surface area contributed by atoms with Gasteiger partial charge >= 0.3 is 12.2 Å². The van der Waals surface area contributed by atoms with Crippen molar-refractivity contribution in [3.63, 3.8) is 0 Å². The Morgan fingerprint density at radius 2 is 1.92 bits per heavy atom. The molecule has 0 spiro atoms. The average molecular weight is 367 g/mol. The molecule has 7 nitrogen and oxygen atoms in total. The molecule has 1 aromatic carbocycles. The van der Waals surface area contributed by atoms with Gasteiger partial charge in [0.25, 0.3) is 0 Å². The Bertz CT molecular complexity index is 858. The first-order chi connectivity index (χ1) is 12.1. The fraction of sp³-hybridized carbons (Fsp3) is 0.312. The minimum atomic E-state index is -4.44. The molecule has 3 rings (SSSR count). The fourth-order valence-electron chi connectivity index (χ4n) is 2.67. The molecule has 10 heteroatoms. The third-order valence-corrected chi connectivity index (χ3v) is 4.05. The van der Waals surface area contributed by atoms with E-state index in [1.54, 1.807) is 14.0 Å². The highest BCUT2D eigenvalue weighted by atomic mass is 19.4. The van der Waals surface area contributed by atoms with E-state index in [1.165, 1.54) is 16.8 Å². The van der Waals surface area contributed by atoms with Gasteiger partial charge in [0, 0.05) is 24.2 Å². The molecule has 1 atom stereocenters. The minimum absolute atomic E-state index is 0.124. The maximum Gasteiger partial charge on any atom is 0.416 e. The van der Waals surface area contributed by atoms with Crippen molar-refractivity contribution >= 4 is 29.3 Å². The number of amides is 3. The number of benzene rings is 1. The van der Waals surface area contributed by atoms with Gasteiger partial charge in [0.1, 0.15) is 5.82 Å². The van der Waals surface area contributed by atoms with E-state index in [1.807, 2.05) is 0 Å². The zero-order valence-corrected chi connectivity index (χ0v) is 13.9. The van der Waals surface area contributed by atoms with Crippen LogP contribution in [0.25, 0.3) is 0 Å². The molecule has 0 fully saturated rings. The average Bonchev–Trinajstić information content (AvgIpc) is 2.83. The molecule has 26 heavy (non-hydrogen) atoms. The predicted molar refractivity (Wildman–Crippen MR) is 88.8 cm³/mol. The van der Waals surface area contributed by atoms with Crippen LogP contribution in [0.3, 0.4) is 0 Å². The molecule has 0 radical (unpaired) electrons. The van der Waals surface area contributed by atoms with Crippen molar-refractivity contribution in [1.29, 1.82) is 0 Å². The van der Waals surface area contributed by atoms with Gasteiger partial charge in [-0.2, -0.15) is 18.3 Å². The molecule has 0 aliphatic carbocycles. The number of nitrogens with one attached hydrogen (secondary N) is 3. The Hall–Kier alpha value is -3.04. The third kappa shape index (κ3) is 3.48. The molecule has 3 N–H and O–H groups in total. The van der Waals surface area contributed by atoms with E-state index in [0.29, 0.717) is 23.6 Å². The van der Waals surface area contributed by atoms with Gasteiger partial charge in [0.2, 0.25) is 5.91 Å². The number of hydrogen-bond acceptors (Lipinski definition) is 3. The number of urea groups is 1. The number of hydrogen-bond donors (Lipinski definition) is 3. The lowest BCUT2D eigenvalue weighted by Crippen LogP contribution is -2.29. The topological polar surface area (TPSA) is 88.1 Å². The van der Waals surface area contributed by atoms with Crippen molar-refractivity contribution < 1.29 is 22.8 Å². The Labute approximate surface area is 146 Å². The Morgan fingerprint density at radius 1 is 1.27 bits per heavy atom. The molecular formula is C16H16F3N5O2. The second-order valence-corrected chi connectivity index (χ2v) is 6.05. The van der Waals surface area contributed by atoms with Crippen LogP contribution in [-0.4, -0.2) is 21.7 Å². The molecule has 1 aliphatic heterocycles. The molecular weight excluding hydrogens is 351 g/mol. The number of nitrogens with zero attached hydrogens (tertiary/aromatic N) is 2. The lowest BCUT2D eigenvalue weighted by atomic mass is 9.98. The summed E-state index contributed by atoms with van der Waals surface area (Å²) in [5, 5.41) is 11.9. The SMILES string of the molecule is CC1Cc2c(NC(=O)Nc3ccc(C(F)(F)F)cc3)nn(C)c2NC1=O. The number of fused-ring (bicyclic) bond motifs is 1. The van der Waals surface area contributed by atoms with Crippen molar-refractivity contribution in [2.45, 2.75) is 19.5 Å². The lowest BCUT2D eigenvalue weighted by molar-refractivity contribution is -0.137. The summed E-state index contributed by atoms with van der Waals surface area (Å²) in [4.78, 5) is 23.9. The molecule has 0 bridgehead atoms. The van der Waals surface area contributed by atoms with Crippen LogP contribution in [0.1, 0.15) is 18.1 Å². The van der Waals surface area contributed by atoms with Gasteiger partial charge in [0.15, 0.2) is 5.82 Å². The number of alkyl halides is 3. The van der Waals surface area contributed by atoms with Crippen LogP contribution < -0.4 is 16.0 Å². The maximum absolute atomic E-state index is 12.6. The van der Waals surface area contributed by atoms with Crippen LogP contribution in [0.5, 0.6) is 0 Å². The van der Waals surface area contributed by atoms with Gasteiger partial charge in [-0.05, 0) is 30.7 Å². The zero-order valence-electron chi connectivity index (χ0n) is 13.9. The number of aryl methyl sites for hydroxylation is 1. The first-order valence-electron chi connectivity index (χ1n) is 7.77. The summed E-state index contributed by atoms with van der Waals surface area (Å²) in [5.41, 5.74) is 0.108. The molecule has 1 unspecified atom stereocenters. The van der Waals surface area contributed by atoms with Crippen LogP contribution in [0.15, 0.2) is 24.3 Å². The minimum Gasteiger partial charge on any atom is -0.310 e. The summed E-state index contributed by atoms with van der Waals surface area (Å²) < 4.78 is 39.1. The highest BCUT2D eigenvalue weighted by Crippen LogP contribution is 2.32. The van der Waals surface area contributed by atoms with Gasteiger partial charge < -0.3 is 10.6 Å². The monoisotopic (exact) mass is 367 g/mol. The lowest BCUT2D eigenvalue weighted by Gasteiger charge is -2.19. The standard InChI is InChI=1S/C16H16F3N5O2/c1-8-7-11-12(23-24(2)13(11)22-14(8)25)21-15(26)20-10-5-3-9(4-6-10)16(17,18)19/h3-6,8H,7H2,1-2H3,(H,22,25)(H2,20,21,23,26). The number of aromatic nitrogens is 2. The van der Waals surface area contributed by atoms with E-state index in [0.717, 1.165) is 12.1 Å². The van der Waals surface area contributed by atoms with E-state index in [4.69, 9.17) is 0 Å². The molecule has 3 amide bonds. The van der Waals surface area contributed by atoms with Gasteiger partial charge in [-0.15, -0.1) is 0 Å². The number of rotatable bonds is 2. The zero-order chi connectivity index (χ0) is 19.1. The first kappa shape index (κ1) is 17.8. The van der Waals surface area contributed by atoms with E-state index in [-0.39, 0.29) is 17.5 Å². The molecule has 138 valence electrons. The van der Waals surface area contributed by atoms with Crippen LogP contribution in [-0.2, 0) is 24.4 Å². The van der Waals surface area contributed by atoms with Crippen molar-refractivity contribution in [3.05, 3.63) is 35.4 Å². The van der Waals surface area contributed by atoms with Gasteiger partial charge in [-0.1, -0.05) is 6.92 Å². The first-order valence-corrected chi connectivity index (χ1v) is 7.77. The van der Waals surface area contributed by atoms with Crippen LogP contribution in [0.4, 0.5) is 35.3 Å². The van der Waals surface area contributed by atoms with Crippen LogP contribution in [0.2, 0.25) is 0 Å². The summed E-state index contributed by atoms with van der Waals surface area (Å²) in [6, 6.07) is 3.46. The smallest absolute Gasteiger partial charge is 0.310 e. The Kier molecular flexibility index (Phi) is 4.34. The van der Waals surface area contributed by atoms with E-state index in [9.17, 15) is 22.8 Å². The summed E-state index contributed by atoms with van der Waals surface area (Å²) in [6.45, 7) is 1.76. The van der Waals surface area contributed by atoms with E-state index in [2.05, 4.69) is 21.0 Å². The molecule has 1 aliphatic rings. The van der Waals surface area contributed by atoms with Gasteiger partial charge in [-0.25, -0.2) is 4.79 Å². The fourth-order valence-corrected chi connectivity index (χ4v) is 2.67. The Balaban J connectivity index is 1.71. The summed E-state index contributed by atoms with van der Waals surface area (Å²) >= 11 is 0. The second kappa shape index (κ2) is 6.36. The van der Waals surface area contributed by atoms with Crippen molar-refractivity contribution in [2.24, 2.45) is 13.0 Å². The quantitative estimate of drug-likeness (QED) is 0.762. The number of halogens is 3. The molecule has 2 aromatic rings. The largest absolute Gasteiger partial charge is 0.416 e. The predicted octanol–water partition coefficient (Wildman–Crippen LogP) is 3.21. The van der Waals surface area contributed by atoms with E-state index >= 15 is 0 Å². The Morgan fingerprint density at radius 3 is 2.54 bits per heavy atom. The van der Waals surface area contributed by atoms with Crippen molar-refractivity contribution in [3.8, 4) is 0 Å².